The Kier molecular flexibility index (Phi) is 5.51. The second-order valence-corrected chi connectivity index (χ2v) is 7.48. The number of amides is 1. The van der Waals surface area contributed by atoms with Crippen LogP contribution >= 0.6 is 0 Å². The molecule has 1 atom stereocenters. The molecule has 1 aliphatic rings. The Balaban J connectivity index is 1.39. The molecular weight excluding hydrogens is 364 g/mol. The quantitative estimate of drug-likeness (QED) is 0.621. The van der Waals surface area contributed by atoms with Gasteiger partial charge in [0, 0.05) is 25.4 Å². The zero-order valence-electron chi connectivity index (χ0n) is 16.7. The maximum Gasteiger partial charge on any atom is 0.246 e. The van der Waals surface area contributed by atoms with Crippen LogP contribution < -0.4 is 0 Å². The third-order valence-corrected chi connectivity index (χ3v) is 5.29. The van der Waals surface area contributed by atoms with Crippen LogP contribution in [0.25, 0.3) is 17.3 Å². The van der Waals surface area contributed by atoms with Gasteiger partial charge in [0.05, 0.1) is 28.8 Å². The van der Waals surface area contributed by atoms with E-state index in [-0.39, 0.29) is 5.91 Å². The molecule has 4 rings (SSSR count). The van der Waals surface area contributed by atoms with Gasteiger partial charge in [-0.3, -0.25) is 9.78 Å². The summed E-state index contributed by atoms with van der Waals surface area (Å²) in [6.45, 7) is 5.31. The molecule has 0 N–H and O–H groups in total. The van der Waals surface area contributed by atoms with Crippen molar-refractivity contribution in [1.29, 1.82) is 0 Å². The average molecular weight is 388 g/mol. The zero-order valence-corrected chi connectivity index (χ0v) is 16.7. The number of carbonyl (C=O) groups is 1. The van der Waals surface area contributed by atoms with Crippen LogP contribution in [0.5, 0.6) is 0 Å². The molecule has 148 valence electrons. The molecule has 29 heavy (non-hydrogen) atoms. The van der Waals surface area contributed by atoms with Crippen LogP contribution in [0.15, 0.2) is 53.3 Å². The van der Waals surface area contributed by atoms with E-state index in [4.69, 9.17) is 9.51 Å². The third-order valence-electron chi connectivity index (χ3n) is 5.29. The summed E-state index contributed by atoms with van der Waals surface area (Å²) in [5, 5.41) is 4.00. The smallest absolute Gasteiger partial charge is 0.246 e. The number of hydrogen-bond acceptors (Lipinski definition) is 5. The van der Waals surface area contributed by atoms with Crippen molar-refractivity contribution in [1.82, 2.24) is 20.0 Å². The van der Waals surface area contributed by atoms with E-state index in [1.807, 2.05) is 61.4 Å². The summed E-state index contributed by atoms with van der Waals surface area (Å²) >= 11 is 0. The molecule has 1 saturated heterocycles. The van der Waals surface area contributed by atoms with E-state index < -0.39 is 0 Å². The minimum Gasteiger partial charge on any atom is -0.361 e. The van der Waals surface area contributed by atoms with Gasteiger partial charge in [0.1, 0.15) is 5.76 Å². The summed E-state index contributed by atoms with van der Waals surface area (Å²) in [6, 6.07) is 9.87. The number of aromatic nitrogens is 3. The van der Waals surface area contributed by atoms with Crippen LogP contribution in [0.1, 0.15) is 29.1 Å². The fourth-order valence-electron chi connectivity index (χ4n) is 3.81. The highest BCUT2D eigenvalue weighted by atomic mass is 16.5. The first-order valence-electron chi connectivity index (χ1n) is 9.86. The van der Waals surface area contributed by atoms with E-state index in [2.05, 4.69) is 10.1 Å². The molecule has 0 saturated carbocycles. The van der Waals surface area contributed by atoms with Crippen LogP contribution in [-0.4, -0.2) is 39.0 Å². The fourth-order valence-corrected chi connectivity index (χ4v) is 3.81. The second kappa shape index (κ2) is 8.39. The molecule has 1 aliphatic heterocycles. The summed E-state index contributed by atoms with van der Waals surface area (Å²) < 4.78 is 5.25. The van der Waals surface area contributed by atoms with Gasteiger partial charge in [-0.25, -0.2) is 4.98 Å². The summed E-state index contributed by atoms with van der Waals surface area (Å²) in [5.41, 5.74) is 4.48. The molecule has 0 aliphatic carbocycles. The van der Waals surface area contributed by atoms with Gasteiger partial charge in [0.25, 0.3) is 0 Å². The Morgan fingerprint density at radius 3 is 2.83 bits per heavy atom. The minimum atomic E-state index is 0.0620. The summed E-state index contributed by atoms with van der Waals surface area (Å²) in [4.78, 5) is 23.5. The predicted octanol–water partition coefficient (Wildman–Crippen LogP) is 3.85. The normalized spacial score (nSPS) is 16.6. The Morgan fingerprint density at radius 2 is 2.07 bits per heavy atom. The van der Waals surface area contributed by atoms with Crippen molar-refractivity contribution in [3.8, 4) is 11.3 Å². The maximum absolute atomic E-state index is 12.5. The summed E-state index contributed by atoms with van der Waals surface area (Å²) in [5.74, 6) is 1.20. The van der Waals surface area contributed by atoms with Crippen LogP contribution in [0.3, 0.4) is 0 Å². The van der Waals surface area contributed by atoms with E-state index in [0.29, 0.717) is 5.92 Å². The van der Waals surface area contributed by atoms with Gasteiger partial charge in [-0.05, 0) is 44.2 Å². The van der Waals surface area contributed by atoms with Crippen molar-refractivity contribution in [2.45, 2.75) is 26.7 Å². The Labute approximate surface area is 170 Å². The third kappa shape index (κ3) is 4.42. The molecule has 3 heterocycles. The number of aryl methyl sites for hydroxylation is 2. The highest BCUT2D eigenvalue weighted by Crippen LogP contribution is 2.26. The van der Waals surface area contributed by atoms with Crippen molar-refractivity contribution in [3.63, 3.8) is 0 Å². The van der Waals surface area contributed by atoms with E-state index >= 15 is 0 Å². The van der Waals surface area contributed by atoms with Crippen LogP contribution in [-0.2, 0) is 11.2 Å². The van der Waals surface area contributed by atoms with Crippen LogP contribution in [0.4, 0.5) is 0 Å². The SMILES string of the molecule is Cc1noc(C)c1-c1cncc(C[C@@H]2CCN(C(=O)/C=C/c3ccccc3)C2)n1. The van der Waals surface area contributed by atoms with Crippen molar-refractivity contribution >= 4 is 12.0 Å². The van der Waals surface area contributed by atoms with Gasteiger partial charge in [0.15, 0.2) is 0 Å². The van der Waals surface area contributed by atoms with Gasteiger partial charge in [0.2, 0.25) is 5.91 Å². The number of carbonyl (C=O) groups excluding carboxylic acids is 1. The van der Waals surface area contributed by atoms with Crippen molar-refractivity contribution in [3.05, 3.63) is 71.5 Å². The largest absolute Gasteiger partial charge is 0.361 e. The monoisotopic (exact) mass is 388 g/mol. The molecule has 6 nitrogen and oxygen atoms in total. The second-order valence-electron chi connectivity index (χ2n) is 7.48. The molecule has 0 unspecified atom stereocenters. The zero-order chi connectivity index (χ0) is 20.2. The summed E-state index contributed by atoms with van der Waals surface area (Å²) in [6.07, 6.45) is 8.86. The fraction of sp³-hybridized carbons (Fsp3) is 0.304. The van der Waals surface area contributed by atoms with E-state index in [9.17, 15) is 4.79 Å². The standard InChI is InChI=1S/C23H24N4O2/c1-16-23(17(2)29-26-16)21-14-24-13-20(25-21)12-19-10-11-27(15-19)22(28)9-8-18-6-4-3-5-7-18/h3-9,13-14,19H,10-12,15H2,1-2H3/b9-8+/t19-/m0/s1. The molecule has 1 amide bonds. The van der Waals surface area contributed by atoms with Crippen molar-refractivity contribution in [2.75, 3.05) is 13.1 Å². The highest BCUT2D eigenvalue weighted by molar-refractivity contribution is 5.91. The van der Waals surface area contributed by atoms with Gasteiger partial charge >= 0.3 is 0 Å². The lowest BCUT2D eigenvalue weighted by molar-refractivity contribution is -0.125. The molecule has 1 aromatic carbocycles. The lowest BCUT2D eigenvalue weighted by Crippen LogP contribution is -2.27. The molecule has 3 aromatic rings. The first-order chi connectivity index (χ1) is 14.1. The Bertz CT molecular complexity index is 1010. The van der Waals surface area contributed by atoms with Crippen LogP contribution in [0.2, 0.25) is 0 Å². The molecule has 2 aromatic heterocycles. The first kappa shape index (κ1) is 19.1. The first-order valence-corrected chi connectivity index (χ1v) is 9.86. The molecule has 0 spiro atoms. The van der Waals surface area contributed by atoms with E-state index in [1.54, 1.807) is 12.3 Å². The lowest BCUT2D eigenvalue weighted by Gasteiger charge is -2.14. The topological polar surface area (TPSA) is 72.1 Å². The Hall–Kier alpha value is -3.28. The van der Waals surface area contributed by atoms with E-state index in [1.165, 1.54) is 0 Å². The number of rotatable bonds is 5. The molecule has 6 heteroatoms. The number of nitrogens with zero attached hydrogens (tertiary/aromatic N) is 4. The number of benzene rings is 1. The van der Waals surface area contributed by atoms with Gasteiger partial charge in [-0.2, -0.15) is 0 Å². The van der Waals surface area contributed by atoms with Gasteiger partial charge in [-0.1, -0.05) is 35.5 Å². The Morgan fingerprint density at radius 1 is 1.24 bits per heavy atom. The minimum absolute atomic E-state index is 0.0620. The predicted molar refractivity (Wildman–Crippen MR) is 111 cm³/mol. The van der Waals surface area contributed by atoms with Gasteiger partial charge in [-0.15, -0.1) is 0 Å². The molecular formula is C23H24N4O2. The molecule has 1 fully saturated rings. The van der Waals surface area contributed by atoms with Crippen molar-refractivity contribution < 1.29 is 9.32 Å². The number of likely N-dealkylation sites (tertiary alicyclic amines) is 1. The van der Waals surface area contributed by atoms with E-state index in [0.717, 1.165) is 59.9 Å². The van der Waals surface area contributed by atoms with Gasteiger partial charge < -0.3 is 9.42 Å². The van der Waals surface area contributed by atoms with Crippen molar-refractivity contribution in [2.24, 2.45) is 5.92 Å². The molecule has 0 radical (unpaired) electrons. The summed E-state index contributed by atoms with van der Waals surface area (Å²) in [7, 11) is 0. The maximum atomic E-state index is 12.5. The highest BCUT2D eigenvalue weighted by Gasteiger charge is 2.26. The number of hydrogen-bond donors (Lipinski definition) is 0. The van der Waals surface area contributed by atoms with Crippen LogP contribution in [0, 0.1) is 19.8 Å². The average Bonchev–Trinajstić information content (AvgIpc) is 3.33. The molecule has 0 bridgehead atoms. The lowest BCUT2D eigenvalue weighted by atomic mass is 10.0.